The van der Waals surface area contributed by atoms with Crippen molar-refractivity contribution in [3.63, 3.8) is 0 Å². The van der Waals surface area contributed by atoms with Crippen molar-refractivity contribution < 1.29 is 22.9 Å². The van der Waals surface area contributed by atoms with Crippen molar-refractivity contribution in [3.05, 3.63) is 100 Å². The molecular formula is C24H24N4O6S. The maximum absolute atomic E-state index is 13.3. The minimum Gasteiger partial charge on any atom is -0.497 e. The molecule has 3 aromatic carbocycles. The van der Waals surface area contributed by atoms with Gasteiger partial charge in [0, 0.05) is 24.2 Å². The zero-order valence-electron chi connectivity index (χ0n) is 18.9. The quantitative estimate of drug-likeness (QED) is 0.247. The van der Waals surface area contributed by atoms with Crippen LogP contribution in [0.3, 0.4) is 0 Å². The Morgan fingerprint density at radius 2 is 1.80 bits per heavy atom. The van der Waals surface area contributed by atoms with E-state index >= 15 is 0 Å². The Morgan fingerprint density at radius 1 is 1.09 bits per heavy atom. The van der Waals surface area contributed by atoms with Gasteiger partial charge in [0.1, 0.15) is 5.75 Å². The lowest BCUT2D eigenvalue weighted by molar-refractivity contribution is -0.384. The van der Waals surface area contributed by atoms with Crippen LogP contribution in [0, 0.1) is 10.1 Å². The van der Waals surface area contributed by atoms with E-state index in [1.807, 2.05) is 30.3 Å². The third kappa shape index (κ3) is 7.19. The number of hydrogen-bond acceptors (Lipinski definition) is 7. The molecule has 0 heterocycles. The van der Waals surface area contributed by atoms with Gasteiger partial charge in [0.05, 0.1) is 29.7 Å². The highest BCUT2D eigenvalue weighted by Gasteiger charge is 2.26. The summed E-state index contributed by atoms with van der Waals surface area (Å²) < 4.78 is 32.7. The molecule has 35 heavy (non-hydrogen) atoms. The van der Waals surface area contributed by atoms with E-state index in [0.717, 1.165) is 9.87 Å². The molecule has 0 fully saturated rings. The van der Waals surface area contributed by atoms with Gasteiger partial charge in [-0.15, -0.1) is 0 Å². The average molecular weight is 497 g/mol. The Bertz CT molecular complexity index is 1300. The molecule has 0 unspecified atom stereocenters. The first-order chi connectivity index (χ1) is 16.8. The topological polar surface area (TPSA) is 131 Å². The Kier molecular flexibility index (Phi) is 8.65. The van der Waals surface area contributed by atoms with E-state index < -0.39 is 27.4 Å². The molecule has 3 rings (SSSR count). The second-order valence-corrected chi connectivity index (χ2v) is 9.33. The van der Waals surface area contributed by atoms with Gasteiger partial charge < -0.3 is 4.74 Å². The van der Waals surface area contributed by atoms with Crippen molar-refractivity contribution in [3.8, 4) is 5.75 Å². The number of sulfonamides is 1. The maximum atomic E-state index is 13.3. The second-order valence-electron chi connectivity index (χ2n) is 7.39. The lowest BCUT2D eigenvalue weighted by Gasteiger charge is -2.21. The second kappa shape index (κ2) is 11.9. The van der Waals surface area contributed by atoms with E-state index in [4.69, 9.17) is 4.74 Å². The van der Waals surface area contributed by atoms with Crippen LogP contribution >= 0.6 is 0 Å². The van der Waals surface area contributed by atoms with Crippen LogP contribution in [0.2, 0.25) is 0 Å². The van der Waals surface area contributed by atoms with E-state index in [1.165, 1.54) is 55.8 Å². The number of nitrogens with one attached hydrogen (secondary N) is 1. The average Bonchev–Trinajstić information content (AvgIpc) is 2.87. The summed E-state index contributed by atoms with van der Waals surface area (Å²) >= 11 is 0. The summed E-state index contributed by atoms with van der Waals surface area (Å²) in [5.74, 6) is -0.148. The zero-order valence-corrected chi connectivity index (χ0v) is 19.7. The highest BCUT2D eigenvalue weighted by molar-refractivity contribution is 7.89. The number of benzene rings is 3. The highest BCUT2D eigenvalue weighted by Crippen LogP contribution is 2.20. The number of non-ortho nitro benzene ring substituents is 1. The number of nitro benzene ring substituents is 1. The Balaban J connectivity index is 1.74. The lowest BCUT2D eigenvalue weighted by Crippen LogP contribution is -2.40. The van der Waals surface area contributed by atoms with Crippen molar-refractivity contribution in [1.82, 2.24) is 9.73 Å². The fraction of sp³-hybridized carbons (Fsp3) is 0.167. The summed E-state index contributed by atoms with van der Waals surface area (Å²) in [6.07, 6.45) is 1.65. The molecule has 11 heteroatoms. The van der Waals surface area contributed by atoms with Crippen molar-refractivity contribution >= 4 is 27.8 Å². The van der Waals surface area contributed by atoms with E-state index in [9.17, 15) is 23.3 Å². The summed E-state index contributed by atoms with van der Waals surface area (Å²) in [5, 5.41) is 14.7. The minimum atomic E-state index is -3.99. The van der Waals surface area contributed by atoms with Gasteiger partial charge in [0.2, 0.25) is 10.0 Å². The Morgan fingerprint density at radius 3 is 2.46 bits per heavy atom. The summed E-state index contributed by atoms with van der Waals surface area (Å²) in [5.41, 5.74) is 3.50. The Labute approximate surface area is 203 Å². The van der Waals surface area contributed by atoms with E-state index in [1.54, 1.807) is 6.07 Å². The minimum absolute atomic E-state index is 0.0271. The van der Waals surface area contributed by atoms with E-state index in [0.29, 0.717) is 17.7 Å². The molecule has 0 aromatic heterocycles. The van der Waals surface area contributed by atoms with Crippen LogP contribution in [0.15, 0.2) is 88.9 Å². The number of ether oxygens (including phenoxy) is 1. The monoisotopic (exact) mass is 496 g/mol. The van der Waals surface area contributed by atoms with Gasteiger partial charge >= 0.3 is 0 Å². The van der Waals surface area contributed by atoms with Gasteiger partial charge in [0.25, 0.3) is 11.6 Å². The van der Waals surface area contributed by atoms with Crippen LogP contribution in [-0.4, -0.2) is 50.0 Å². The molecule has 0 spiro atoms. The summed E-state index contributed by atoms with van der Waals surface area (Å²) in [6, 6.07) is 20.9. The van der Waals surface area contributed by atoms with Crippen LogP contribution in [0.5, 0.6) is 5.75 Å². The first-order valence-electron chi connectivity index (χ1n) is 10.5. The lowest BCUT2D eigenvalue weighted by atomic mass is 10.1. The molecule has 0 saturated carbocycles. The van der Waals surface area contributed by atoms with Crippen molar-refractivity contribution in [1.29, 1.82) is 0 Å². The molecule has 0 aliphatic rings. The molecule has 3 aromatic rings. The number of methoxy groups -OCH3 is 1. The Hall–Kier alpha value is -4.09. The number of nitrogens with zero attached hydrogens (tertiary/aromatic N) is 3. The van der Waals surface area contributed by atoms with Crippen LogP contribution < -0.4 is 10.2 Å². The first kappa shape index (κ1) is 25.5. The third-order valence-electron chi connectivity index (χ3n) is 4.99. The molecule has 0 atom stereocenters. The smallest absolute Gasteiger partial charge is 0.270 e. The SMILES string of the molecule is COc1ccc(S(=O)(=O)N(CCc2ccccc2)CC(=O)N/N=C\c2cccc([N+](=O)[O-])c2)cc1. The molecule has 0 saturated heterocycles. The third-order valence-corrected chi connectivity index (χ3v) is 6.85. The predicted molar refractivity (Wildman–Crippen MR) is 131 cm³/mol. The number of amides is 1. The molecule has 0 aliphatic carbocycles. The van der Waals surface area contributed by atoms with Gasteiger partial charge in [-0.1, -0.05) is 42.5 Å². The molecule has 1 amide bonds. The van der Waals surface area contributed by atoms with Crippen molar-refractivity contribution in [2.24, 2.45) is 5.10 Å². The standard InChI is InChI=1S/C24H24N4O6S/c1-34-22-10-12-23(13-11-22)35(32,33)27(15-14-19-6-3-2-4-7-19)18-24(29)26-25-17-20-8-5-9-21(16-20)28(30)31/h2-13,16-17H,14-15,18H2,1H3,(H,26,29)/b25-17-. The summed E-state index contributed by atoms with van der Waals surface area (Å²) in [7, 11) is -2.51. The van der Waals surface area contributed by atoms with Gasteiger partial charge in [-0.25, -0.2) is 13.8 Å². The van der Waals surface area contributed by atoms with Crippen LogP contribution in [0.25, 0.3) is 0 Å². The van der Waals surface area contributed by atoms with E-state index in [-0.39, 0.29) is 17.1 Å². The van der Waals surface area contributed by atoms with Crippen molar-refractivity contribution in [2.45, 2.75) is 11.3 Å². The summed E-state index contributed by atoms with van der Waals surface area (Å²) in [6.45, 7) is -0.395. The van der Waals surface area contributed by atoms with Gasteiger partial charge in [-0.05, 0) is 36.2 Å². The summed E-state index contributed by atoms with van der Waals surface area (Å²) in [4.78, 5) is 22.9. The molecule has 0 aliphatic heterocycles. The number of rotatable bonds is 11. The largest absolute Gasteiger partial charge is 0.497 e. The zero-order chi connectivity index (χ0) is 25.3. The molecule has 0 bridgehead atoms. The normalized spacial score (nSPS) is 11.5. The van der Waals surface area contributed by atoms with Gasteiger partial charge in [0.15, 0.2) is 0 Å². The highest BCUT2D eigenvalue weighted by atomic mass is 32.2. The van der Waals surface area contributed by atoms with Crippen molar-refractivity contribution in [2.75, 3.05) is 20.2 Å². The molecule has 182 valence electrons. The van der Waals surface area contributed by atoms with Crippen LogP contribution in [0.1, 0.15) is 11.1 Å². The molecular weight excluding hydrogens is 472 g/mol. The van der Waals surface area contributed by atoms with Gasteiger partial charge in [-0.2, -0.15) is 9.41 Å². The predicted octanol–water partition coefficient (Wildman–Crippen LogP) is 2.99. The number of hydrazone groups is 1. The fourth-order valence-corrected chi connectivity index (χ4v) is 4.57. The molecule has 10 nitrogen and oxygen atoms in total. The van der Waals surface area contributed by atoms with E-state index in [2.05, 4.69) is 10.5 Å². The van der Waals surface area contributed by atoms with Crippen LogP contribution in [0.4, 0.5) is 5.69 Å². The fourth-order valence-electron chi connectivity index (χ4n) is 3.17. The first-order valence-corrected chi connectivity index (χ1v) is 12.0. The molecule has 1 N–H and O–H groups in total. The number of hydrogen-bond donors (Lipinski definition) is 1. The van der Waals surface area contributed by atoms with Crippen LogP contribution in [-0.2, 0) is 21.2 Å². The number of carbonyl (C=O) groups excluding carboxylic acids is 1. The van der Waals surface area contributed by atoms with Gasteiger partial charge in [-0.3, -0.25) is 14.9 Å². The maximum Gasteiger partial charge on any atom is 0.270 e. The number of nitro groups is 1. The molecule has 0 radical (unpaired) electrons. The number of carbonyl (C=O) groups is 1.